The maximum absolute atomic E-state index is 4.66. The molecule has 0 saturated carbocycles. The van der Waals surface area contributed by atoms with Crippen molar-refractivity contribution in [2.24, 2.45) is 0 Å². The lowest BCUT2D eigenvalue weighted by molar-refractivity contribution is 0.557. The topological polar surface area (TPSA) is 26.0 Å². The van der Waals surface area contributed by atoms with Crippen molar-refractivity contribution in [1.82, 2.24) is 4.98 Å². The van der Waals surface area contributed by atoms with E-state index in [2.05, 4.69) is 25.3 Å². The van der Waals surface area contributed by atoms with Gasteiger partial charge in [-0.25, -0.2) is 4.98 Å². The summed E-state index contributed by atoms with van der Waals surface area (Å²) in [5, 5.41) is 0.767. The summed E-state index contributed by atoms with van der Waals surface area (Å²) in [6.45, 7) is 0. The van der Waals surface area contributed by atoms with Gasteiger partial charge in [-0.1, -0.05) is 15.9 Å². The predicted octanol–water partition coefficient (Wildman–Crippen LogP) is 1.99. The van der Waals surface area contributed by atoms with Crippen LogP contribution in [0.15, 0.2) is 17.1 Å². The minimum atomic E-state index is 0. The van der Waals surface area contributed by atoms with Crippen LogP contribution in [0.4, 0.5) is 0 Å². The van der Waals surface area contributed by atoms with Crippen LogP contribution in [-0.4, -0.2) is 4.98 Å². The zero-order valence-electron chi connectivity index (χ0n) is 4.00. The Hall–Kier alpha value is -0.0200. The first-order valence-corrected chi connectivity index (χ1v) is 2.98. The molecule has 0 aliphatic rings. The molecule has 0 aromatic carbocycles. The number of aromatic nitrogens is 1. The van der Waals surface area contributed by atoms with Crippen LogP contribution in [0, 0.1) is 0 Å². The molecule has 0 aliphatic heterocycles. The van der Waals surface area contributed by atoms with Gasteiger partial charge in [0.2, 0.25) is 0 Å². The summed E-state index contributed by atoms with van der Waals surface area (Å²) in [5.41, 5.74) is 0.931. The average Bonchev–Trinajstić information content (AvgIpc) is 2.14. The highest BCUT2D eigenvalue weighted by Crippen LogP contribution is 1.98. The molecular formula is C4H5BrClNO. The van der Waals surface area contributed by atoms with E-state index in [1.807, 2.05) is 0 Å². The SMILES string of the molecule is BrCc1cocn1.Cl. The zero-order chi connectivity index (χ0) is 5.11. The van der Waals surface area contributed by atoms with Crippen LogP contribution >= 0.6 is 28.3 Å². The molecule has 0 spiro atoms. The second kappa shape index (κ2) is 3.92. The Kier molecular flexibility index (Phi) is 3.91. The van der Waals surface area contributed by atoms with E-state index in [0.717, 1.165) is 11.0 Å². The number of nitrogens with zero attached hydrogens (tertiary/aromatic N) is 1. The zero-order valence-corrected chi connectivity index (χ0v) is 6.41. The molecule has 1 aromatic rings. The summed E-state index contributed by atoms with van der Waals surface area (Å²) < 4.78 is 4.66. The molecule has 1 rings (SSSR count). The first kappa shape index (κ1) is 7.98. The monoisotopic (exact) mass is 197 g/mol. The molecule has 0 unspecified atom stereocenters. The van der Waals surface area contributed by atoms with Crippen molar-refractivity contribution in [2.45, 2.75) is 5.33 Å². The summed E-state index contributed by atoms with van der Waals surface area (Å²) in [7, 11) is 0. The number of oxazole rings is 1. The second-order valence-electron chi connectivity index (χ2n) is 1.11. The third-order valence-electron chi connectivity index (χ3n) is 0.620. The predicted molar refractivity (Wildman–Crippen MR) is 36.4 cm³/mol. The fourth-order valence-corrected chi connectivity index (χ4v) is 0.580. The van der Waals surface area contributed by atoms with E-state index in [0.29, 0.717) is 0 Å². The lowest BCUT2D eigenvalue weighted by Gasteiger charge is -1.73. The van der Waals surface area contributed by atoms with E-state index in [1.165, 1.54) is 6.39 Å². The third-order valence-corrected chi connectivity index (χ3v) is 1.19. The smallest absolute Gasteiger partial charge is 0.180 e. The molecule has 1 aromatic heterocycles. The fraction of sp³-hybridized carbons (Fsp3) is 0.250. The van der Waals surface area contributed by atoms with Crippen LogP contribution in [0.1, 0.15) is 5.69 Å². The van der Waals surface area contributed by atoms with Gasteiger partial charge in [0.15, 0.2) is 6.39 Å². The Bertz CT molecular complexity index is 131. The van der Waals surface area contributed by atoms with Crippen LogP contribution in [0.25, 0.3) is 0 Å². The molecule has 8 heavy (non-hydrogen) atoms. The largest absolute Gasteiger partial charge is 0.451 e. The van der Waals surface area contributed by atoms with Crippen molar-refractivity contribution in [3.63, 3.8) is 0 Å². The van der Waals surface area contributed by atoms with E-state index >= 15 is 0 Å². The molecule has 0 aliphatic carbocycles. The maximum atomic E-state index is 4.66. The summed E-state index contributed by atoms with van der Waals surface area (Å²) in [4.78, 5) is 3.82. The summed E-state index contributed by atoms with van der Waals surface area (Å²) in [5.74, 6) is 0. The number of hydrogen-bond acceptors (Lipinski definition) is 2. The first-order chi connectivity index (χ1) is 3.43. The number of alkyl halides is 1. The molecule has 0 fully saturated rings. The van der Waals surface area contributed by atoms with Crippen molar-refractivity contribution < 1.29 is 4.42 Å². The van der Waals surface area contributed by atoms with Gasteiger partial charge >= 0.3 is 0 Å². The lowest BCUT2D eigenvalue weighted by Crippen LogP contribution is -1.69. The fourth-order valence-electron chi connectivity index (χ4n) is 0.304. The van der Waals surface area contributed by atoms with E-state index in [9.17, 15) is 0 Å². The number of hydrogen-bond donors (Lipinski definition) is 0. The minimum Gasteiger partial charge on any atom is -0.451 e. The van der Waals surface area contributed by atoms with Gasteiger partial charge in [-0.3, -0.25) is 0 Å². The third kappa shape index (κ3) is 1.84. The lowest BCUT2D eigenvalue weighted by atomic mass is 10.6. The molecule has 4 heteroatoms. The van der Waals surface area contributed by atoms with Gasteiger partial charge in [0, 0.05) is 5.33 Å². The van der Waals surface area contributed by atoms with Gasteiger partial charge in [-0.15, -0.1) is 12.4 Å². The average molecular weight is 198 g/mol. The van der Waals surface area contributed by atoms with Gasteiger partial charge in [0.1, 0.15) is 6.26 Å². The van der Waals surface area contributed by atoms with Gasteiger partial charge in [0.05, 0.1) is 5.69 Å². The summed E-state index contributed by atoms with van der Waals surface area (Å²) in [6, 6.07) is 0. The number of halogens is 2. The molecule has 0 N–H and O–H groups in total. The maximum Gasteiger partial charge on any atom is 0.180 e. The molecular weight excluding hydrogens is 193 g/mol. The molecule has 0 radical (unpaired) electrons. The van der Waals surface area contributed by atoms with Crippen molar-refractivity contribution in [1.29, 1.82) is 0 Å². The van der Waals surface area contributed by atoms with Crippen molar-refractivity contribution in [3.05, 3.63) is 18.4 Å². The van der Waals surface area contributed by atoms with E-state index in [-0.39, 0.29) is 12.4 Å². The van der Waals surface area contributed by atoms with Gasteiger partial charge in [-0.2, -0.15) is 0 Å². The first-order valence-electron chi connectivity index (χ1n) is 1.86. The molecule has 0 amide bonds. The van der Waals surface area contributed by atoms with Crippen LogP contribution in [0.2, 0.25) is 0 Å². The van der Waals surface area contributed by atoms with Gasteiger partial charge in [0.25, 0.3) is 0 Å². The van der Waals surface area contributed by atoms with Crippen molar-refractivity contribution >= 4 is 28.3 Å². The normalized spacial score (nSPS) is 8.12. The Morgan fingerprint density at radius 2 is 2.50 bits per heavy atom. The van der Waals surface area contributed by atoms with Crippen molar-refractivity contribution in [3.8, 4) is 0 Å². The molecule has 0 bridgehead atoms. The highest BCUT2D eigenvalue weighted by Gasteiger charge is 1.87. The second-order valence-corrected chi connectivity index (χ2v) is 1.67. The van der Waals surface area contributed by atoms with E-state index < -0.39 is 0 Å². The van der Waals surface area contributed by atoms with Crippen molar-refractivity contribution in [2.75, 3.05) is 0 Å². The quantitative estimate of drug-likeness (QED) is 0.645. The standard InChI is InChI=1S/C4H4BrNO.ClH/c5-1-4-2-7-3-6-4;/h2-3H,1H2;1H. The summed E-state index contributed by atoms with van der Waals surface area (Å²) in [6.07, 6.45) is 3.02. The molecule has 0 saturated heterocycles. The Balaban J connectivity index is 0.000000490. The summed E-state index contributed by atoms with van der Waals surface area (Å²) >= 11 is 3.21. The molecule has 0 atom stereocenters. The molecule has 2 nitrogen and oxygen atoms in total. The van der Waals surface area contributed by atoms with Crippen LogP contribution < -0.4 is 0 Å². The van der Waals surface area contributed by atoms with Crippen LogP contribution in [0.5, 0.6) is 0 Å². The highest BCUT2D eigenvalue weighted by atomic mass is 79.9. The van der Waals surface area contributed by atoms with E-state index in [1.54, 1.807) is 6.26 Å². The molecule has 46 valence electrons. The van der Waals surface area contributed by atoms with Crippen LogP contribution in [0.3, 0.4) is 0 Å². The van der Waals surface area contributed by atoms with Crippen LogP contribution in [-0.2, 0) is 5.33 Å². The minimum absolute atomic E-state index is 0. The molecule has 1 heterocycles. The van der Waals surface area contributed by atoms with Gasteiger partial charge < -0.3 is 4.42 Å². The number of rotatable bonds is 1. The Labute approximate surface area is 61.8 Å². The Morgan fingerprint density at radius 1 is 1.75 bits per heavy atom. The van der Waals surface area contributed by atoms with Gasteiger partial charge in [-0.05, 0) is 0 Å². The van der Waals surface area contributed by atoms with E-state index in [4.69, 9.17) is 0 Å². The highest BCUT2D eigenvalue weighted by molar-refractivity contribution is 9.08. The Morgan fingerprint density at radius 3 is 2.75 bits per heavy atom.